The first-order valence-corrected chi connectivity index (χ1v) is 10.2. The van der Waals surface area contributed by atoms with Crippen LogP contribution in [-0.4, -0.2) is 35.4 Å². The summed E-state index contributed by atoms with van der Waals surface area (Å²) in [7, 11) is 0. The van der Waals surface area contributed by atoms with Crippen molar-refractivity contribution in [1.82, 2.24) is 9.55 Å². The maximum absolute atomic E-state index is 13.4. The number of hydrogen-bond donors (Lipinski definition) is 0. The van der Waals surface area contributed by atoms with Gasteiger partial charge in [-0.3, -0.25) is 4.79 Å². The molecule has 31 heavy (non-hydrogen) atoms. The topological polar surface area (TPSA) is 47.4 Å². The van der Waals surface area contributed by atoms with Gasteiger partial charge in [-0.2, -0.15) is 13.2 Å². The maximum Gasteiger partial charge on any atom is 0.416 e. The Hall–Kier alpha value is -2.87. The van der Waals surface area contributed by atoms with Crippen LogP contribution in [0.25, 0.3) is 11.0 Å². The van der Waals surface area contributed by atoms with Crippen LogP contribution in [0.15, 0.2) is 41.5 Å². The number of alkyl halides is 3. The molecule has 1 saturated heterocycles. The number of benzene rings is 1. The van der Waals surface area contributed by atoms with E-state index in [4.69, 9.17) is 4.74 Å². The van der Waals surface area contributed by atoms with E-state index in [1.165, 1.54) is 13.0 Å². The molecule has 1 aliphatic rings. The van der Waals surface area contributed by atoms with Crippen LogP contribution < -0.4 is 10.3 Å². The standard InChI is InChI=1S/C23H24F3N3O2/c1-14-11-29(13-17-5-4-6-19(16(17)3)23(24,25)26)20-9-18(10-27-21(20)22(14)30)28-7-8-31-15(2)12-28/h4-6,9-11,15H,7-8,12-13H2,1-3H3/t15-/m0/s1. The first kappa shape index (κ1) is 21.4. The number of aromatic nitrogens is 2. The first-order valence-electron chi connectivity index (χ1n) is 10.2. The molecule has 0 bridgehead atoms. The van der Waals surface area contributed by atoms with Gasteiger partial charge < -0.3 is 14.2 Å². The average molecular weight is 431 g/mol. The predicted molar refractivity (Wildman–Crippen MR) is 114 cm³/mol. The Morgan fingerprint density at radius 2 is 2.03 bits per heavy atom. The van der Waals surface area contributed by atoms with E-state index in [2.05, 4.69) is 9.88 Å². The quantitative estimate of drug-likeness (QED) is 0.620. The third-order valence-corrected chi connectivity index (χ3v) is 5.78. The van der Waals surface area contributed by atoms with Gasteiger partial charge in [0, 0.05) is 31.4 Å². The Bertz CT molecular complexity index is 1190. The monoisotopic (exact) mass is 431 g/mol. The summed E-state index contributed by atoms with van der Waals surface area (Å²) in [5, 5.41) is 0. The number of rotatable bonds is 3. The van der Waals surface area contributed by atoms with Crippen LogP contribution >= 0.6 is 0 Å². The third kappa shape index (κ3) is 4.17. The Labute approximate surface area is 178 Å². The lowest BCUT2D eigenvalue weighted by Crippen LogP contribution is -2.41. The van der Waals surface area contributed by atoms with Crippen LogP contribution in [0, 0.1) is 13.8 Å². The zero-order valence-corrected chi connectivity index (χ0v) is 17.7. The van der Waals surface area contributed by atoms with Crippen LogP contribution in [0.2, 0.25) is 0 Å². The molecule has 0 saturated carbocycles. The first-order chi connectivity index (χ1) is 14.6. The van der Waals surface area contributed by atoms with Gasteiger partial charge in [-0.25, -0.2) is 4.98 Å². The molecule has 8 heteroatoms. The number of aryl methyl sites for hydroxylation is 1. The van der Waals surface area contributed by atoms with Gasteiger partial charge in [-0.15, -0.1) is 0 Å². The minimum Gasteiger partial charge on any atom is -0.375 e. The molecule has 1 aliphatic heterocycles. The largest absolute Gasteiger partial charge is 0.416 e. The number of pyridine rings is 2. The molecule has 1 aromatic carbocycles. The Morgan fingerprint density at radius 1 is 1.26 bits per heavy atom. The van der Waals surface area contributed by atoms with Crippen molar-refractivity contribution >= 4 is 16.7 Å². The molecule has 0 aliphatic carbocycles. The van der Waals surface area contributed by atoms with Crippen molar-refractivity contribution in [3.8, 4) is 0 Å². The van der Waals surface area contributed by atoms with Gasteiger partial charge in [-0.1, -0.05) is 12.1 Å². The summed E-state index contributed by atoms with van der Waals surface area (Å²) in [6.07, 6.45) is -0.959. The van der Waals surface area contributed by atoms with Gasteiger partial charge in [0.15, 0.2) is 0 Å². The van der Waals surface area contributed by atoms with Crippen molar-refractivity contribution in [3.63, 3.8) is 0 Å². The van der Waals surface area contributed by atoms with Crippen molar-refractivity contribution in [2.45, 2.75) is 39.6 Å². The summed E-state index contributed by atoms with van der Waals surface area (Å²) >= 11 is 0. The predicted octanol–water partition coefficient (Wildman–Crippen LogP) is 4.31. The lowest BCUT2D eigenvalue weighted by Gasteiger charge is -2.32. The highest BCUT2D eigenvalue weighted by atomic mass is 19.4. The average Bonchev–Trinajstić information content (AvgIpc) is 2.72. The highest BCUT2D eigenvalue weighted by Gasteiger charge is 2.32. The molecule has 164 valence electrons. The molecule has 1 fully saturated rings. The number of halogens is 3. The third-order valence-electron chi connectivity index (χ3n) is 5.78. The second-order valence-corrected chi connectivity index (χ2v) is 8.05. The lowest BCUT2D eigenvalue weighted by molar-refractivity contribution is -0.138. The second kappa shape index (κ2) is 8.00. The molecule has 0 amide bonds. The Kier molecular flexibility index (Phi) is 5.51. The molecule has 5 nitrogen and oxygen atoms in total. The van der Waals surface area contributed by atoms with Crippen LogP contribution in [0.1, 0.15) is 29.2 Å². The molecule has 0 N–H and O–H groups in total. The highest BCUT2D eigenvalue weighted by Crippen LogP contribution is 2.33. The van der Waals surface area contributed by atoms with E-state index in [9.17, 15) is 18.0 Å². The fourth-order valence-corrected chi connectivity index (χ4v) is 4.09. The van der Waals surface area contributed by atoms with Crippen molar-refractivity contribution in [2.24, 2.45) is 0 Å². The molecule has 3 heterocycles. The summed E-state index contributed by atoms with van der Waals surface area (Å²) in [6, 6.07) is 6.09. The van der Waals surface area contributed by atoms with Gasteiger partial charge in [0.25, 0.3) is 0 Å². The lowest BCUT2D eigenvalue weighted by atomic mass is 10.0. The minimum absolute atomic E-state index is 0.0809. The number of hydrogen-bond acceptors (Lipinski definition) is 4. The Morgan fingerprint density at radius 3 is 2.74 bits per heavy atom. The van der Waals surface area contributed by atoms with Crippen molar-refractivity contribution < 1.29 is 17.9 Å². The van der Waals surface area contributed by atoms with Gasteiger partial charge in [0.05, 0.1) is 35.7 Å². The molecule has 4 rings (SSSR count). The van der Waals surface area contributed by atoms with Crippen molar-refractivity contribution in [3.05, 3.63) is 69.1 Å². The number of morpholine rings is 1. The Balaban J connectivity index is 1.81. The van der Waals surface area contributed by atoms with E-state index in [1.807, 2.05) is 17.6 Å². The van der Waals surface area contributed by atoms with Gasteiger partial charge in [0.2, 0.25) is 5.43 Å². The molecule has 0 radical (unpaired) electrons. The SMILES string of the molecule is Cc1c(Cn2cc(C)c(=O)c3ncc(N4CCO[C@@H](C)C4)cc32)cccc1C(F)(F)F. The van der Waals surface area contributed by atoms with Crippen molar-refractivity contribution in [2.75, 3.05) is 24.6 Å². The summed E-state index contributed by atoms with van der Waals surface area (Å²) in [4.78, 5) is 19.2. The van der Waals surface area contributed by atoms with E-state index < -0.39 is 11.7 Å². The normalized spacial score (nSPS) is 17.4. The van der Waals surface area contributed by atoms with E-state index >= 15 is 0 Å². The number of anilines is 1. The molecule has 0 spiro atoms. The summed E-state index contributed by atoms with van der Waals surface area (Å²) in [6.45, 7) is 7.39. The zero-order chi connectivity index (χ0) is 22.3. The fourth-order valence-electron chi connectivity index (χ4n) is 4.09. The second-order valence-electron chi connectivity index (χ2n) is 8.05. The highest BCUT2D eigenvalue weighted by molar-refractivity contribution is 5.79. The molecule has 3 aromatic rings. The van der Waals surface area contributed by atoms with E-state index in [1.54, 1.807) is 25.4 Å². The number of fused-ring (bicyclic) bond motifs is 1. The number of nitrogens with zero attached hydrogens (tertiary/aromatic N) is 3. The van der Waals surface area contributed by atoms with Gasteiger partial charge >= 0.3 is 6.18 Å². The van der Waals surface area contributed by atoms with E-state index in [0.717, 1.165) is 11.8 Å². The van der Waals surface area contributed by atoms with Crippen molar-refractivity contribution in [1.29, 1.82) is 0 Å². The van der Waals surface area contributed by atoms with Crippen LogP contribution in [0.4, 0.5) is 18.9 Å². The van der Waals surface area contributed by atoms with Crippen LogP contribution in [-0.2, 0) is 17.5 Å². The fraction of sp³-hybridized carbons (Fsp3) is 0.391. The molecule has 2 aromatic heterocycles. The van der Waals surface area contributed by atoms with Gasteiger partial charge in [-0.05, 0) is 44.0 Å². The molecule has 1 atom stereocenters. The number of ether oxygens (including phenoxy) is 1. The minimum atomic E-state index is -4.41. The van der Waals surface area contributed by atoms with Crippen LogP contribution in [0.3, 0.4) is 0 Å². The van der Waals surface area contributed by atoms with E-state index in [-0.39, 0.29) is 23.6 Å². The summed E-state index contributed by atoms with van der Waals surface area (Å²) in [5.74, 6) is 0. The molecular formula is C23H24F3N3O2. The smallest absolute Gasteiger partial charge is 0.375 e. The van der Waals surface area contributed by atoms with E-state index in [0.29, 0.717) is 41.9 Å². The molecule has 0 unspecified atom stereocenters. The summed E-state index contributed by atoms with van der Waals surface area (Å²) in [5.41, 5.74) is 2.19. The van der Waals surface area contributed by atoms with Gasteiger partial charge in [0.1, 0.15) is 5.52 Å². The summed E-state index contributed by atoms with van der Waals surface area (Å²) < 4.78 is 47.5. The maximum atomic E-state index is 13.4. The van der Waals surface area contributed by atoms with Crippen LogP contribution in [0.5, 0.6) is 0 Å². The molecular weight excluding hydrogens is 407 g/mol. The zero-order valence-electron chi connectivity index (χ0n) is 17.7.